The summed E-state index contributed by atoms with van der Waals surface area (Å²) in [5, 5.41) is 10.6. The molecule has 9 heteroatoms. The lowest BCUT2D eigenvalue weighted by Crippen LogP contribution is -2.13. The highest BCUT2D eigenvalue weighted by atomic mass is 31.2. The van der Waals surface area contributed by atoms with Crippen molar-refractivity contribution < 1.29 is 28.1 Å². The number of halogens is 2. The number of alkyl halides is 2. The normalized spacial score (nSPS) is 12.5. The van der Waals surface area contributed by atoms with Gasteiger partial charge >= 0.3 is 13.3 Å². The van der Waals surface area contributed by atoms with Gasteiger partial charge in [-0.1, -0.05) is 30.4 Å². The minimum absolute atomic E-state index is 0.0737. The van der Waals surface area contributed by atoms with E-state index in [4.69, 9.17) is 9.79 Å². The predicted molar refractivity (Wildman–Crippen MR) is 84.4 cm³/mol. The molecule has 0 saturated heterocycles. The second kappa shape index (κ2) is 6.60. The Kier molecular flexibility index (Phi) is 4.94. The van der Waals surface area contributed by atoms with E-state index in [1.807, 2.05) is 0 Å². The number of non-ortho nitro benzene ring substituents is 1. The first-order valence-corrected chi connectivity index (χ1v) is 8.19. The summed E-state index contributed by atoms with van der Waals surface area (Å²) in [7, 11) is -5.62. The van der Waals surface area contributed by atoms with E-state index < -0.39 is 23.7 Å². The van der Waals surface area contributed by atoms with Crippen molar-refractivity contribution in [2.24, 2.45) is 0 Å². The molecule has 0 heterocycles. The van der Waals surface area contributed by atoms with E-state index in [-0.39, 0.29) is 5.69 Å². The van der Waals surface area contributed by atoms with Crippen molar-refractivity contribution in [2.75, 3.05) is 0 Å². The zero-order valence-corrected chi connectivity index (χ0v) is 12.9. The standard InChI is InChI=1S/C15H12F2NO5P/c16-15(17,24(21,22)23)13-3-1-2-12(10-13)5-4-11-6-8-14(9-7-11)18(19)20/h1-10H,(H2,21,22,23)/b5-4+. The van der Waals surface area contributed by atoms with Crippen molar-refractivity contribution in [3.63, 3.8) is 0 Å². The van der Waals surface area contributed by atoms with Gasteiger partial charge in [-0.3, -0.25) is 14.7 Å². The van der Waals surface area contributed by atoms with Crippen molar-refractivity contribution in [1.29, 1.82) is 0 Å². The van der Waals surface area contributed by atoms with Crippen molar-refractivity contribution in [2.45, 2.75) is 5.66 Å². The molecule has 0 aromatic heterocycles. The van der Waals surface area contributed by atoms with E-state index in [0.717, 1.165) is 12.1 Å². The van der Waals surface area contributed by atoms with Crippen LogP contribution < -0.4 is 0 Å². The molecule has 0 aliphatic carbocycles. The molecule has 0 amide bonds. The lowest BCUT2D eigenvalue weighted by Gasteiger charge is -2.18. The van der Waals surface area contributed by atoms with Gasteiger partial charge in [-0.15, -0.1) is 0 Å². The molecule has 0 atom stereocenters. The van der Waals surface area contributed by atoms with Crippen LogP contribution in [-0.2, 0) is 10.2 Å². The summed E-state index contributed by atoms with van der Waals surface area (Å²) in [5.41, 5.74) is -4.23. The van der Waals surface area contributed by atoms with Crippen LogP contribution in [0, 0.1) is 10.1 Å². The zero-order valence-electron chi connectivity index (χ0n) is 12.0. The Morgan fingerprint density at radius 1 is 1.04 bits per heavy atom. The lowest BCUT2D eigenvalue weighted by molar-refractivity contribution is -0.384. The molecule has 0 radical (unpaired) electrons. The second-order valence-electron chi connectivity index (χ2n) is 4.89. The van der Waals surface area contributed by atoms with Gasteiger partial charge in [-0.25, -0.2) is 0 Å². The van der Waals surface area contributed by atoms with E-state index >= 15 is 0 Å². The minimum Gasteiger partial charge on any atom is -0.320 e. The van der Waals surface area contributed by atoms with Crippen LogP contribution in [0.3, 0.4) is 0 Å². The molecule has 0 spiro atoms. The molecule has 0 aliphatic rings. The number of benzene rings is 2. The number of nitro groups is 1. The van der Waals surface area contributed by atoms with Gasteiger partial charge in [0.2, 0.25) is 0 Å². The molecule has 6 nitrogen and oxygen atoms in total. The van der Waals surface area contributed by atoms with Gasteiger partial charge in [0.05, 0.1) is 4.92 Å². The Hall–Kier alpha value is -2.41. The molecular formula is C15H12F2NO5P. The molecule has 126 valence electrons. The van der Waals surface area contributed by atoms with Gasteiger partial charge in [-0.05, 0) is 29.3 Å². The molecule has 2 rings (SSSR count). The predicted octanol–water partition coefficient (Wildman–Crippen LogP) is 3.99. The minimum atomic E-state index is -5.62. The Bertz CT molecular complexity index is 830. The lowest BCUT2D eigenvalue weighted by atomic mass is 10.1. The molecule has 0 saturated carbocycles. The van der Waals surface area contributed by atoms with Crippen molar-refractivity contribution in [3.05, 3.63) is 75.3 Å². The molecule has 0 fully saturated rings. The summed E-state index contributed by atoms with van der Waals surface area (Å²) in [6.45, 7) is 0. The monoisotopic (exact) mass is 355 g/mol. The van der Waals surface area contributed by atoms with Gasteiger partial charge in [0.1, 0.15) is 0 Å². The highest BCUT2D eigenvalue weighted by Crippen LogP contribution is 2.59. The van der Waals surface area contributed by atoms with Crippen LogP contribution in [0.2, 0.25) is 0 Å². The van der Waals surface area contributed by atoms with Crippen LogP contribution in [0.25, 0.3) is 12.2 Å². The summed E-state index contributed by atoms with van der Waals surface area (Å²) in [6, 6.07) is 10.2. The Balaban J connectivity index is 2.26. The third kappa shape index (κ3) is 3.91. The molecule has 2 aromatic carbocycles. The van der Waals surface area contributed by atoms with Crippen molar-refractivity contribution in [1.82, 2.24) is 0 Å². The van der Waals surface area contributed by atoms with Crippen molar-refractivity contribution >= 4 is 25.4 Å². The van der Waals surface area contributed by atoms with Crippen LogP contribution in [0.15, 0.2) is 48.5 Å². The quantitative estimate of drug-likeness (QED) is 0.365. The first kappa shape index (κ1) is 17.9. The highest BCUT2D eigenvalue weighted by molar-refractivity contribution is 7.52. The zero-order chi connectivity index (χ0) is 18.0. The average Bonchev–Trinajstić information content (AvgIpc) is 2.52. The molecular weight excluding hydrogens is 343 g/mol. The summed E-state index contributed by atoms with van der Waals surface area (Å²) in [4.78, 5) is 27.5. The highest BCUT2D eigenvalue weighted by Gasteiger charge is 2.50. The maximum atomic E-state index is 13.7. The van der Waals surface area contributed by atoms with Gasteiger partial charge in [0, 0.05) is 17.7 Å². The Morgan fingerprint density at radius 2 is 1.62 bits per heavy atom. The topological polar surface area (TPSA) is 101 Å². The Labute approximate surface area is 135 Å². The summed E-state index contributed by atoms with van der Waals surface area (Å²) in [5.74, 6) is 0. The SMILES string of the molecule is O=[N+]([O-])c1ccc(/C=C/c2cccc(C(F)(F)P(=O)(O)O)c2)cc1. The summed E-state index contributed by atoms with van der Waals surface area (Å²) < 4.78 is 38.3. The summed E-state index contributed by atoms with van der Waals surface area (Å²) in [6.07, 6.45) is 3.00. The molecule has 0 bridgehead atoms. The molecule has 0 unspecified atom stereocenters. The number of hydrogen-bond acceptors (Lipinski definition) is 3. The third-order valence-electron chi connectivity index (χ3n) is 3.17. The second-order valence-corrected chi connectivity index (χ2v) is 6.54. The van der Waals surface area contributed by atoms with Gasteiger partial charge in [0.15, 0.2) is 0 Å². The number of nitro benzene ring substituents is 1. The van der Waals surface area contributed by atoms with E-state index in [2.05, 4.69) is 0 Å². The van der Waals surface area contributed by atoms with E-state index in [9.17, 15) is 23.5 Å². The first-order chi connectivity index (χ1) is 11.1. The largest absolute Gasteiger partial charge is 0.399 e. The van der Waals surface area contributed by atoms with Gasteiger partial charge in [0.25, 0.3) is 5.69 Å². The fraction of sp³-hybridized carbons (Fsp3) is 0.0667. The fourth-order valence-electron chi connectivity index (χ4n) is 1.90. The maximum Gasteiger partial charge on any atom is 0.399 e. The molecule has 2 N–H and O–H groups in total. The molecule has 0 aliphatic heterocycles. The number of hydrogen-bond donors (Lipinski definition) is 2. The maximum absolute atomic E-state index is 13.7. The molecule has 2 aromatic rings. The van der Waals surface area contributed by atoms with E-state index in [1.165, 1.54) is 42.5 Å². The molecule has 24 heavy (non-hydrogen) atoms. The van der Waals surface area contributed by atoms with Gasteiger partial charge in [-0.2, -0.15) is 8.78 Å². The van der Waals surface area contributed by atoms with Crippen LogP contribution >= 0.6 is 7.60 Å². The van der Waals surface area contributed by atoms with Crippen LogP contribution in [0.5, 0.6) is 0 Å². The van der Waals surface area contributed by atoms with Crippen LogP contribution in [-0.4, -0.2) is 14.7 Å². The van der Waals surface area contributed by atoms with Gasteiger partial charge < -0.3 is 9.79 Å². The fourth-order valence-corrected chi connectivity index (χ4v) is 2.37. The summed E-state index contributed by atoms with van der Waals surface area (Å²) >= 11 is 0. The van der Waals surface area contributed by atoms with Crippen LogP contribution in [0.4, 0.5) is 14.5 Å². The van der Waals surface area contributed by atoms with Crippen LogP contribution in [0.1, 0.15) is 16.7 Å². The Morgan fingerprint density at radius 3 is 2.17 bits per heavy atom. The number of rotatable bonds is 5. The van der Waals surface area contributed by atoms with E-state index in [1.54, 1.807) is 6.08 Å². The van der Waals surface area contributed by atoms with E-state index in [0.29, 0.717) is 11.1 Å². The first-order valence-electron chi connectivity index (χ1n) is 6.58. The average molecular weight is 355 g/mol. The third-order valence-corrected chi connectivity index (χ3v) is 4.16. The smallest absolute Gasteiger partial charge is 0.320 e. The van der Waals surface area contributed by atoms with Crippen molar-refractivity contribution in [3.8, 4) is 0 Å². The number of nitrogens with zero attached hydrogens (tertiary/aromatic N) is 1.